The Morgan fingerprint density at radius 1 is 1.04 bits per heavy atom. The number of amides is 2. The smallest absolute Gasteiger partial charge is 0.419 e. The Balaban J connectivity index is 2.93. The molecule has 0 aromatic carbocycles. The predicted molar refractivity (Wildman–Crippen MR) is 90.3 cm³/mol. The first-order chi connectivity index (χ1) is 10.4. The average molecular weight is 325 g/mol. The van der Waals surface area contributed by atoms with E-state index in [1.54, 1.807) is 41.5 Å². The van der Waals surface area contributed by atoms with E-state index >= 15 is 0 Å². The quantitative estimate of drug-likeness (QED) is 0.689. The van der Waals surface area contributed by atoms with Gasteiger partial charge in [0.05, 0.1) is 0 Å². The van der Waals surface area contributed by atoms with E-state index in [4.69, 9.17) is 9.47 Å². The molecule has 2 amide bonds. The normalized spacial score (nSPS) is 17.0. The van der Waals surface area contributed by atoms with E-state index in [0.717, 1.165) is 30.6 Å². The number of hydrogen-bond donors (Lipinski definition) is 0. The first kappa shape index (κ1) is 19.5. The van der Waals surface area contributed by atoms with E-state index in [1.165, 1.54) is 0 Å². The summed E-state index contributed by atoms with van der Waals surface area (Å²) in [5.74, 6) is 0. The number of hydrogen-bond acceptors (Lipinski definition) is 4. The van der Waals surface area contributed by atoms with Crippen LogP contribution in [-0.2, 0) is 9.47 Å². The van der Waals surface area contributed by atoms with Crippen LogP contribution in [0.15, 0.2) is 12.7 Å². The molecular formula is C18H31NO4. The molecular weight excluding hydrogens is 294 g/mol. The summed E-state index contributed by atoms with van der Waals surface area (Å²) in [7, 11) is 0. The van der Waals surface area contributed by atoms with Crippen molar-refractivity contribution in [3.63, 3.8) is 0 Å². The van der Waals surface area contributed by atoms with Gasteiger partial charge in [-0.2, -0.15) is 0 Å². The topological polar surface area (TPSA) is 55.8 Å². The number of carbonyl (C=O) groups excluding carboxylic acids is 2. The molecule has 0 aliphatic heterocycles. The minimum Gasteiger partial charge on any atom is -0.443 e. The van der Waals surface area contributed by atoms with Gasteiger partial charge in [0.2, 0.25) is 0 Å². The molecule has 0 aromatic rings. The predicted octanol–water partition coefficient (Wildman–Crippen LogP) is 4.91. The second kappa shape index (κ2) is 6.93. The minimum atomic E-state index is -0.664. The number of carbonyl (C=O) groups is 2. The highest BCUT2D eigenvalue weighted by atomic mass is 16.6. The number of nitrogens with zero attached hydrogens (tertiary/aromatic N) is 1. The zero-order valence-electron chi connectivity index (χ0n) is 15.4. The molecule has 1 fully saturated rings. The van der Waals surface area contributed by atoms with Crippen LogP contribution >= 0.6 is 0 Å². The summed E-state index contributed by atoms with van der Waals surface area (Å²) in [6, 6.07) is 0. The Morgan fingerprint density at radius 2 is 1.48 bits per heavy atom. The Kier molecular flexibility index (Phi) is 5.89. The van der Waals surface area contributed by atoms with Crippen molar-refractivity contribution in [3.8, 4) is 0 Å². The summed E-state index contributed by atoms with van der Waals surface area (Å²) in [6.45, 7) is 14.8. The molecule has 1 saturated carbocycles. The van der Waals surface area contributed by atoms with E-state index in [1.807, 2.05) is 6.08 Å². The molecule has 1 rings (SSSR count). The van der Waals surface area contributed by atoms with Crippen LogP contribution in [0.25, 0.3) is 0 Å². The lowest BCUT2D eigenvalue weighted by atomic mass is 9.66. The molecule has 0 N–H and O–H groups in total. The molecule has 0 bridgehead atoms. The Hall–Kier alpha value is -1.52. The zero-order valence-corrected chi connectivity index (χ0v) is 15.4. The van der Waals surface area contributed by atoms with Gasteiger partial charge in [-0.15, -0.1) is 6.58 Å². The molecule has 0 heterocycles. The average Bonchev–Trinajstić information content (AvgIpc) is 2.27. The van der Waals surface area contributed by atoms with Gasteiger partial charge in [0, 0.05) is 6.54 Å². The number of ether oxygens (including phenoxy) is 2. The van der Waals surface area contributed by atoms with Gasteiger partial charge in [-0.3, -0.25) is 0 Å². The van der Waals surface area contributed by atoms with Crippen molar-refractivity contribution in [1.82, 2.24) is 4.90 Å². The maximum atomic E-state index is 12.5. The van der Waals surface area contributed by atoms with Crippen LogP contribution in [0.2, 0.25) is 0 Å². The molecule has 132 valence electrons. The molecule has 0 unspecified atom stereocenters. The van der Waals surface area contributed by atoms with Gasteiger partial charge in [0.1, 0.15) is 11.2 Å². The lowest BCUT2D eigenvalue weighted by Crippen LogP contribution is -2.50. The second-order valence-electron chi connectivity index (χ2n) is 8.39. The third kappa shape index (κ3) is 6.24. The van der Waals surface area contributed by atoms with Gasteiger partial charge in [-0.05, 0) is 66.2 Å². The molecule has 5 heteroatoms. The molecule has 0 radical (unpaired) electrons. The third-order valence-corrected chi connectivity index (χ3v) is 3.71. The van der Waals surface area contributed by atoms with Crippen LogP contribution in [0.1, 0.15) is 67.2 Å². The van der Waals surface area contributed by atoms with Crippen molar-refractivity contribution in [2.24, 2.45) is 5.41 Å². The van der Waals surface area contributed by atoms with Crippen LogP contribution in [0.3, 0.4) is 0 Å². The first-order valence-corrected chi connectivity index (χ1v) is 8.22. The lowest BCUT2D eigenvalue weighted by Gasteiger charge is -2.44. The van der Waals surface area contributed by atoms with E-state index < -0.39 is 23.4 Å². The fraction of sp³-hybridized carbons (Fsp3) is 0.778. The molecule has 0 spiro atoms. The second-order valence-corrected chi connectivity index (χ2v) is 8.39. The largest absolute Gasteiger partial charge is 0.443 e. The first-order valence-electron chi connectivity index (χ1n) is 8.22. The summed E-state index contributed by atoms with van der Waals surface area (Å²) in [6.07, 6.45) is 4.37. The zero-order chi connectivity index (χ0) is 17.9. The van der Waals surface area contributed by atoms with Crippen LogP contribution in [0, 0.1) is 5.41 Å². The SMILES string of the molecule is C=CCC1(CN(C(=O)OC(C)(C)C)C(=O)OC(C)(C)C)CCC1. The van der Waals surface area contributed by atoms with E-state index in [0.29, 0.717) is 6.54 Å². The van der Waals surface area contributed by atoms with E-state index in [-0.39, 0.29) is 5.41 Å². The van der Waals surface area contributed by atoms with Gasteiger partial charge < -0.3 is 9.47 Å². The molecule has 5 nitrogen and oxygen atoms in total. The Morgan fingerprint density at radius 3 is 1.74 bits per heavy atom. The number of imide groups is 1. The van der Waals surface area contributed by atoms with Crippen molar-refractivity contribution >= 4 is 12.2 Å². The summed E-state index contributed by atoms with van der Waals surface area (Å²) in [5.41, 5.74) is -1.42. The monoisotopic (exact) mass is 325 g/mol. The molecule has 0 aromatic heterocycles. The fourth-order valence-corrected chi connectivity index (χ4v) is 2.58. The van der Waals surface area contributed by atoms with Crippen LogP contribution in [0.5, 0.6) is 0 Å². The Labute approximate surface area is 140 Å². The van der Waals surface area contributed by atoms with Crippen molar-refractivity contribution in [2.45, 2.75) is 78.4 Å². The molecule has 1 aliphatic carbocycles. The van der Waals surface area contributed by atoms with E-state index in [9.17, 15) is 9.59 Å². The summed E-state index contributed by atoms with van der Waals surface area (Å²) in [5, 5.41) is 0. The molecule has 0 atom stereocenters. The van der Waals surface area contributed by atoms with Gasteiger partial charge in [-0.25, -0.2) is 14.5 Å². The van der Waals surface area contributed by atoms with Crippen molar-refractivity contribution < 1.29 is 19.1 Å². The van der Waals surface area contributed by atoms with Crippen molar-refractivity contribution in [2.75, 3.05) is 6.54 Å². The molecule has 0 saturated heterocycles. The summed E-state index contributed by atoms with van der Waals surface area (Å²) >= 11 is 0. The standard InChI is InChI=1S/C18H31NO4/c1-8-10-18(11-9-12-18)13-19(14(20)22-16(2,3)4)15(21)23-17(5,6)7/h8H,1,9-13H2,2-7H3. The fourth-order valence-electron chi connectivity index (χ4n) is 2.58. The van der Waals surface area contributed by atoms with Crippen molar-refractivity contribution in [1.29, 1.82) is 0 Å². The van der Waals surface area contributed by atoms with Gasteiger partial charge in [0.25, 0.3) is 0 Å². The van der Waals surface area contributed by atoms with Gasteiger partial charge >= 0.3 is 12.2 Å². The Bertz CT molecular complexity index is 425. The minimum absolute atomic E-state index is 0.0877. The van der Waals surface area contributed by atoms with Crippen LogP contribution in [-0.4, -0.2) is 34.8 Å². The highest BCUT2D eigenvalue weighted by Gasteiger charge is 2.42. The summed E-state index contributed by atoms with van der Waals surface area (Å²) in [4.78, 5) is 26.1. The third-order valence-electron chi connectivity index (χ3n) is 3.71. The van der Waals surface area contributed by atoms with Crippen molar-refractivity contribution in [3.05, 3.63) is 12.7 Å². The summed E-state index contributed by atoms with van der Waals surface area (Å²) < 4.78 is 10.8. The van der Waals surface area contributed by atoms with Crippen LogP contribution in [0.4, 0.5) is 9.59 Å². The van der Waals surface area contributed by atoms with Gasteiger partial charge in [-0.1, -0.05) is 12.5 Å². The van der Waals surface area contributed by atoms with Crippen LogP contribution < -0.4 is 0 Å². The number of allylic oxidation sites excluding steroid dienone is 1. The van der Waals surface area contributed by atoms with Gasteiger partial charge in [0.15, 0.2) is 0 Å². The highest BCUT2D eigenvalue weighted by Crippen LogP contribution is 2.45. The maximum Gasteiger partial charge on any atom is 0.419 e. The molecule has 23 heavy (non-hydrogen) atoms. The lowest BCUT2D eigenvalue weighted by molar-refractivity contribution is -0.0156. The van der Waals surface area contributed by atoms with E-state index in [2.05, 4.69) is 6.58 Å². The highest BCUT2D eigenvalue weighted by molar-refractivity contribution is 5.88. The maximum absolute atomic E-state index is 12.5. The molecule has 1 aliphatic rings. The number of rotatable bonds is 4.